The van der Waals surface area contributed by atoms with Crippen LogP contribution >= 0.6 is 11.3 Å². The SMILES string of the molecule is Cc1ccc(NC(=O)CCc2nc3sc4c(c3c(=O)[nH]2)CCCCC4)cc1. The van der Waals surface area contributed by atoms with Crippen molar-refractivity contribution in [2.75, 3.05) is 5.32 Å². The van der Waals surface area contributed by atoms with Crippen molar-refractivity contribution in [3.8, 4) is 0 Å². The molecule has 0 saturated carbocycles. The van der Waals surface area contributed by atoms with E-state index in [2.05, 4.69) is 15.3 Å². The summed E-state index contributed by atoms with van der Waals surface area (Å²) in [7, 11) is 0. The number of carbonyl (C=O) groups excluding carboxylic acids is 1. The average molecular weight is 382 g/mol. The molecule has 0 radical (unpaired) electrons. The Balaban J connectivity index is 1.48. The number of H-pyrrole nitrogens is 1. The number of hydrogen-bond acceptors (Lipinski definition) is 4. The van der Waals surface area contributed by atoms with Crippen LogP contribution in [0.4, 0.5) is 5.69 Å². The maximum Gasteiger partial charge on any atom is 0.259 e. The monoisotopic (exact) mass is 381 g/mol. The number of amides is 1. The van der Waals surface area contributed by atoms with Gasteiger partial charge in [-0.25, -0.2) is 4.98 Å². The van der Waals surface area contributed by atoms with Crippen LogP contribution in [0, 0.1) is 6.92 Å². The zero-order valence-electron chi connectivity index (χ0n) is 15.4. The maximum atomic E-state index is 12.6. The molecule has 6 heteroatoms. The van der Waals surface area contributed by atoms with Gasteiger partial charge in [0, 0.05) is 23.4 Å². The van der Waals surface area contributed by atoms with Gasteiger partial charge in [0.25, 0.3) is 5.56 Å². The Kier molecular flexibility index (Phi) is 5.07. The molecule has 5 nitrogen and oxygen atoms in total. The van der Waals surface area contributed by atoms with E-state index in [4.69, 9.17) is 0 Å². The van der Waals surface area contributed by atoms with E-state index in [0.717, 1.165) is 40.7 Å². The van der Waals surface area contributed by atoms with Crippen LogP contribution in [0.5, 0.6) is 0 Å². The van der Waals surface area contributed by atoms with Crippen molar-refractivity contribution in [2.45, 2.75) is 51.9 Å². The smallest absolute Gasteiger partial charge is 0.259 e. The average Bonchev–Trinajstić information content (AvgIpc) is 2.84. The number of aromatic nitrogens is 2. The summed E-state index contributed by atoms with van der Waals surface area (Å²) in [5.74, 6) is 0.506. The molecule has 2 heterocycles. The first-order valence-corrected chi connectivity index (χ1v) is 10.3. The van der Waals surface area contributed by atoms with Crippen LogP contribution in [0.2, 0.25) is 0 Å². The summed E-state index contributed by atoms with van der Waals surface area (Å²) < 4.78 is 0. The summed E-state index contributed by atoms with van der Waals surface area (Å²) in [4.78, 5) is 34.5. The van der Waals surface area contributed by atoms with Gasteiger partial charge in [0.1, 0.15) is 10.7 Å². The van der Waals surface area contributed by atoms with Crippen LogP contribution in [0.3, 0.4) is 0 Å². The standard InChI is InChI=1S/C21H23N3O2S/c1-13-7-9-14(10-8-13)22-18(25)12-11-17-23-20(26)19-15-5-3-2-4-6-16(15)27-21(19)24-17/h7-10H,2-6,11-12H2,1H3,(H,22,25)(H,23,24,26). The Labute approximate surface area is 161 Å². The fraction of sp³-hybridized carbons (Fsp3) is 0.381. The summed E-state index contributed by atoms with van der Waals surface area (Å²) in [5.41, 5.74) is 3.07. The van der Waals surface area contributed by atoms with Crippen LogP contribution in [0.15, 0.2) is 29.1 Å². The first-order chi connectivity index (χ1) is 13.1. The molecule has 0 saturated heterocycles. The Bertz CT molecular complexity index is 1030. The molecule has 1 aromatic carbocycles. The molecule has 0 unspecified atom stereocenters. The van der Waals surface area contributed by atoms with Gasteiger partial charge in [0.05, 0.1) is 5.39 Å². The van der Waals surface area contributed by atoms with E-state index in [1.165, 1.54) is 23.3 Å². The van der Waals surface area contributed by atoms with E-state index in [-0.39, 0.29) is 17.9 Å². The lowest BCUT2D eigenvalue weighted by atomic mass is 10.1. The Hall–Kier alpha value is -2.47. The highest BCUT2D eigenvalue weighted by Gasteiger charge is 2.19. The van der Waals surface area contributed by atoms with Gasteiger partial charge in [-0.2, -0.15) is 0 Å². The molecule has 2 N–H and O–H groups in total. The lowest BCUT2D eigenvalue weighted by Gasteiger charge is -2.05. The van der Waals surface area contributed by atoms with Gasteiger partial charge >= 0.3 is 0 Å². The van der Waals surface area contributed by atoms with Crippen molar-refractivity contribution in [3.05, 3.63) is 56.4 Å². The predicted molar refractivity (Wildman–Crippen MR) is 110 cm³/mol. The Morgan fingerprint density at radius 1 is 1.19 bits per heavy atom. The highest BCUT2D eigenvalue weighted by Crippen LogP contribution is 2.32. The maximum absolute atomic E-state index is 12.6. The second-order valence-corrected chi connectivity index (χ2v) is 8.26. The second-order valence-electron chi connectivity index (χ2n) is 7.17. The van der Waals surface area contributed by atoms with Gasteiger partial charge in [-0.15, -0.1) is 11.3 Å². The third-order valence-electron chi connectivity index (χ3n) is 5.05. The van der Waals surface area contributed by atoms with Crippen molar-refractivity contribution in [1.29, 1.82) is 0 Å². The third kappa shape index (κ3) is 3.95. The molecule has 140 valence electrons. The van der Waals surface area contributed by atoms with Crippen LogP contribution < -0.4 is 10.9 Å². The zero-order valence-corrected chi connectivity index (χ0v) is 16.2. The van der Waals surface area contributed by atoms with Crippen LogP contribution in [0.25, 0.3) is 10.2 Å². The van der Waals surface area contributed by atoms with Crippen molar-refractivity contribution in [2.24, 2.45) is 0 Å². The molecule has 4 rings (SSSR count). The Morgan fingerprint density at radius 3 is 2.78 bits per heavy atom. The number of rotatable bonds is 4. The highest BCUT2D eigenvalue weighted by atomic mass is 32.1. The minimum Gasteiger partial charge on any atom is -0.326 e. The Morgan fingerprint density at radius 2 is 1.96 bits per heavy atom. The fourth-order valence-electron chi connectivity index (χ4n) is 3.60. The van der Waals surface area contributed by atoms with Gasteiger partial charge in [-0.1, -0.05) is 24.1 Å². The summed E-state index contributed by atoms with van der Waals surface area (Å²) in [5, 5.41) is 3.65. The molecule has 0 atom stereocenters. The first kappa shape index (κ1) is 17.9. The molecule has 3 aromatic rings. The number of fused-ring (bicyclic) bond motifs is 3. The lowest BCUT2D eigenvalue weighted by molar-refractivity contribution is -0.116. The topological polar surface area (TPSA) is 74.8 Å². The predicted octanol–water partition coefficient (Wildman–Crippen LogP) is 4.13. The van der Waals surface area contributed by atoms with E-state index in [1.54, 1.807) is 11.3 Å². The number of nitrogens with one attached hydrogen (secondary N) is 2. The molecule has 0 aliphatic heterocycles. The number of aromatic amines is 1. The van der Waals surface area contributed by atoms with E-state index in [9.17, 15) is 9.59 Å². The summed E-state index contributed by atoms with van der Waals surface area (Å²) in [6.07, 6.45) is 6.27. The molecule has 0 spiro atoms. The van der Waals surface area contributed by atoms with Gasteiger partial charge < -0.3 is 10.3 Å². The molecule has 27 heavy (non-hydrogen) atoms. The molecule has 1 aliphatic carbocycles. The molecular formula is C21H23N3O2S. The van der Waals surface area contributed by atoms with Crippen LogP contribution in [-0.2, 0) is 24.1 Å². The highest BCUT2D eigenvalue weighted by molar-refractivity contribution is 7.18. The minimum atomic E-state index is -0.0800. The zero-order chi connectivity index (χ0) is 18.8. The number of carbonyl (C=O) groups is 1. The van der Waals surface area contributed by atoms with E-state index >= 15 is 0 Å². The lowest BCUT2D eigenvalue weighted by Crippen LogP contribution is -2.16. The number of benzene rings is 1. The van der Waals surface area contributed by atoms with Crippen molar-refractivity contribution >= 4 is 33.1 Å². The molecule has 0 bridgehead atoms. The first-order valence-electron chi connectivity index (χ1n) is 9.50. The van der Waals surface area contributed by atoms with E-state index < -0.39 is 0 Å². The number of nitrogens with zero attached hydrogens (tertiary/aromatic N) is 1. The summed E-state index contributed by atoms with van der Waals surface area (Å²) in [6.45, 7) is 2.01. The number of thiophene rings is 1. The second kappa shape index (κ2) is 7.64. The molecule has 1 amide bonds. The van der Waals surface area contributed by atoms with Crippen molar-refractivity contribution in [1.82, 2.24) is 9.97 Å². The minimum absolute atomic E-state index is 0.0617. The van der Waals surface area contributed by atoms with E-state index in [1.807, 2.05) is 31.2 Å². The third-order valence-corrected chi connectivity index (χ3v) is 6.23. The molecule has 2 aromatic heterocycles. The summed E-state index contributed by atoms with van der Waals surface area (Å²) >= 11 is 1.65. The van der Waals surface area contributed by atoms with E-state index in [0.29, 0.717) is 12.2 Å². The quantitative estimate of drug-likeness (QED) is 0.667. The number of aryl methyl sites for hydroxylation is 4. The van der Waals surface area contributed by atoms with Gasteiger partial charge in [-0.3, -0.25) is 9.59 Å². The van der Waals surface area contributed by atoms with Crippen LogP contribution in [-0.4, -0.2) is 15.9 Å². The molecule has 0 fully saturated rings. The summed E-state index contributed by atoms with van der Waals surface area (Å²) in [6, 6.07) is 7.70. The van der Waals surface area contributed by atoms with Gasteiger partial charge in [0.15, 0.2) is 0 Å². The molecular weight excluding hydrogens is 358 g/mol. The fourth-order valence-corrected chi connectivity index (χ4v) is 4.88. The molecule has 1 aliphatic rings. The van der Waals surface area contributed by atoms with Crippen molar-refractivity contribution < 1.29 is 4.79 Å². The van der Waals surface area contributed by atoms with Crippen molar-refractivity contribution in [3.63, 3.8) is 0 Å². The van der Waals surface area contributed by atoms with Crippen LogP contribution in [0.1, 0.15) is 47.5 Å². The largest absolute Gasteiger partial charge is 0.326 e. The number of hydrogen-bond donors (Lipinski definition) is 2. The number of anilines is 1. The normalized spacial score (nSPS) is 14.0. The van der Waals surface area contributed by atoms with Gasteiger partial charge in [-0.05, 0) is 50.3 Å². The van der Waals surface area contributed by atoms with Gasteiger partial charge in [0.2, 0.25) is 5.91 Å².